The van der Waals surface area contributed by atoms with E-state index in [2.05, 4.69) is 31.3 Å². The van der Waals surface area contributed by atoms with Gasteiger partial charge in [0.05, 0.1) is 74.9 Å². The molecule has 0 fully saturated rings. The van der Waals surface area contributed by atoms with Crippen molar-refractivity contribution in [3.05, 3.63) is 331 Å². The van der Waals surface area contributed by atoms with Crippen molar-refractivity contribution in [3.8, 4) is 67.5 Å². The van der Waals surface area contributed by atoms with Gasteiger partial charge in [-0.15, -0.1) is 0 Å². The van der Waals surface area contributed by atoms with Crippen LogP contribution in [0, 0.1) is 51.0 Å². The number of halogens is 4. The largest absolute Gasteiger partial charge is 1.00 e. The second-order valence-electron chi connectivity index (χ2n) is 35.4. The predicted octanol–water partition coefficient (Wildman–Crippen LogP) is 19.1. The fraction of sp³-hybridized carbons (Fsp3) is 0.268. The number of aliphatic carboxylic acids is 1. The Kier molecular flexibility index (Phi) is 40.6. The number of phenolic OH excluding ortho intramolecular Hbond substituents is 1. The zero-order chi connectivity index (χ0) is 104. The number of benzene rings is 12. The van der Waals surface area contributed by atoms with Crippen molar-refractivity contribution >= 4 is 79.9 Å². The molecule has 0 saturated carbocycles. The number of hydrogen-bond acceptors (Lipinski definition) is 27. The van der Waals surface area contributed by atoms with E-state index in [1.54, 1.807) is 221 Å². The van der Waals surface area contributed by atoms with E-state index >= 15 is 17.6 Å². The number of alkyl carbamates (subject to hydrolysis) is 2. The maximum Gasteiger partial charge on any atom is 1.00 e. The summed E-state index contributed by atoms with van der Waals surface area (Å²) in [5.41, 5.74) is 25.2. The van der Waals surface area contributed by atoms with E-state index < -0.39 is 46.8 Å². The molecule has 147 heavy (non-hydrogen) atoms. The third kappa shape index (κ3) is 30.2. The van der Waals surface area contributed by atoms with E-state index in [-0.39, 0.29) is 132 Å². The zero-order valence-corrected chi connectivity index (χ0v) is 84.0. The summed E-state index contributed by atoms with van der Waals surface area (Å²) in [6.45, 7) is 24.5. The first-order chi connectivity index (χ1) is 69.5. The van der Waals surface area contributed by atoms with Crippen LogP contribution in [0.25, 0.3) is 88.4 Å². The average molecular weight is 2010 g/mol. The van der Waals surface area contributed by atoms with Crippen molar-refractivity contribution in [1.29, 1.82) is 0 Å². The maximum atomic E-state index is 15.8. The molecule has 4 heterocycles. The number of amides is 2. The number of aliphatic hydroxyl groups is 1. The predicted molar refractivity (Wildman–Crippen MR) is 539 cm³/mol. The molecular weight excluding hydrogens is 1890 g/mol. The molecule has 16 rings (SSSR count). The van der Waals surface area contributed by atoms with Crippen LogP contribution in [0.3, 0.4) is 0 Å². The minimum Gasteiger partial charge on any atom is -0.870 e. The van der Waals surface area contributed by atoms with Gasteiger partial charge >= 0.3 is 54.9 Å². The summed E-state index contributed by atoms with van der Waals surface area (Å²) >= 11 is 0. The normalized spacial score (nSPS) is 11.0. The van der Waals surface area contributed by atoms with E-state index in [4.69, 9.17) is 72.6 Å². The zero-order valence-electron chi connectivity index (χ0n) is 84.0. The Morgan fingerprint density at radius 1 is 0.361 bits per heavy atom. The molecule has 10 N–H and O–H groups in total. The van der Waals surface area contributed by atoms with Crippen LogP contribution in [0.2, 0.25) is 0 Å². The van der Waals surface area contributed by atoms with Crippen molar-refractivity contribution in [1.82, 2.24) is 31.3 Å². The van der Waals surface area contributed by atoms with Gasteiger partial charge in [-0.3, -0.25) is 19.2 Å². The monoisotopic (exact) mass is 2010 g/mol. The molecule has 764 valence electrons. The van der Waals surface area contributed by atoms with Crippen molar-refractivity contribution in [2.45, 2.75) is 180 Å². The quantitative estimate of drug-likeness (QED) is 0.00918. The van der Waals surface area contributed by atoms with Crippen molar-refractivity contribution in [2.24, 2.45) is 11.5 Å². The molecule has 0 unspecified atom stereocenters. The van der Waals surface area contributed by atoms with Crippen LogP contribution in [0.5, 0.6) is 23.0 Å². The number of carbonyl (C=O) groups excluding carboxylic acids is 5. The second kappa shape index (κ2) is 52.7. The summed E-state index contributed by atoms with van der Waals surface area (Å²) in [7, 11) is 0. The van der Waals surface area contributed by atoms with Crippen molar-refractivity contribution in [2.75, 3.05) is 19.8 Å². The van der Waals surface area contributed by atoms with Gasteiger partial charge in [0.15, 0.2) is 22.3 Å². The average Bonchev–Trinajstić information content (AvgIpc) is 1.68. The molecular formula is C112H115F4LiN8O22. The number of aryl methyl sites for hydroxylation is 4. The Morgan fingerprint density at radius 3 is 0.918 bits per heavy atom. The molecule has 2 amide bonds. The van der Waals surface area contributed by atoms with Gasteiger partial charge in [-0.2, -0.15) is 0 Å². The smallest absolute Gasteiger partial charge is 0.870 e. The first-order valence-corrected chi connectivity index (χ1v) is 46.7. The molecule has 0 aliphatic carbocycles. The van der Waals surface area contributed by atoms with E-state index in [1.807, 2.05) is 87.5 Å². The van der Waals surface area contributed by atoms with Crippen molar-refractivity contribution in [3.63, 3.8) is 0 Å². The fourth-order valence-corrected chi connectivity index (χ4v) is 15.5. The molecule has 4 aromatic heterocycles. The molecule has 0 spiro atoms. The minimum atomic E-state index is -0.935. The number of ether oxygens (including phenoxy) is 8. The number of carbonyl (C=O) groups is 6. The van der Waals surface area contributed by atoms with Gasteiger partial charge in [0.1, 0.15) is 77.3 Å². The van der Waals surface area contributed by atoms with E-state index in [0.29, 0.717) is 171 Å². The Morgan fingerprint density at radius 2 is 0.626 bits per heavy atom. The number of para-hydroxylation sites is 4. The van der Waals surface area contributed by atoms with Crippen LogP contribution in [0.1, 0.15) is 152 Å². The topological polar surface area (TPSA) is 447 Å². The number of carboxylic acids is 1. The van der Waals surface area contributed by atoms with Gasteiger partial charge in [0, 0.05) is 137 Å². The minimum absolute atomic E-state index is 0. The number of aliphatic hydroxyl groups excluding tert-OH is 1. The molecule has 0 atom stereocenters. The molecule has 0 aliphatic rings. The third-order valence-corrected chi connectivity index (χ3v) is 22.3. The van der Waals surface area contributed by atoms with Gasteiger partial charge in [0.2, 0.25) is 0 Å². The Bertz CT molecular complexity index is 7310. The summed E-state index contributed by atoms with van der Waals surface area (Å²) in [4.78, 5) is 70.1. The first kappa shape index (κ1) is 113. The van der Waals surface area contributed by atoms with E-state index in [1.165, 1.54) is 0 Å². The summed E-state index contributed by atoms with van der Waals surface area (Å²) in [6, 6.07) is 63.0. The Labute approximate surface area is 857 Å². The number of aromatic hydroxyl groups is 1. The van der Waals surface area contributed by atoms with Gasteiger partial charge in [-0.25, -0.2) is 27.2 Å². The number of aromatic nitrogens is 4. The van der Waals surface area contributed by atoms with Gasteiger partial charge in [0.25, 0.3) is 0 Å². The number of phenols is 1. The summed E-state index contributed by atoms with van der Waals surface area (Å²) in [5, 5.41) is 52.3. The number of nitrogens with two attached hydrogens (primary N) is 2. The van der Waals surface area contributed by atoms with E-state index in [9.17, 15) is 39.0 Å². The van der Waals surface area contributed by atoms with Gasteiger partial charge < -0.3 is 98.9 Å². The number of fused-ring (bicyclic) bond motifs is 4. The standard InChI is InChI=1S/C31H33FN2O6.C26H25FN2O4.C24H21FN2O4.C21H23FN2O4.C10H12O3.Li.H2O/c1-6-37-27(35)16-21-10-7-8-13-26(21)38-18-20-14-24-19(2)34-40-29(24)25(15-20)23-12-9-11-22(28(23)32)17-33-30(36)39-31(3,4)5;1-3-31-24(30)13-18-7-4-5-10-23(18)32-15-17-11-21-16(2)29-33-26(21)22(12-17)20-9-6-8-19(14-28)25(20)27;1-14-19-9-15(13-30-21-8-3-2-5-16(21)11-22(28)29)10-20(24(19)31-27-14)18-7-4-6-17(12-26)23(18)25;1-12-16-8-13(11-25)9-17(19(16)28-24-12)15-7-5-6-14(18(15)22)10-23-20(26)27-21(2,3)4;1-2-13-10(12)7-8-5-3-4-6-9(8)11;;/h7-15H,6,16-18H2,1-5H3,(H,33,36);4-12H,3,13-15,28H2,1-2H3;2-10H,11-13,26H2,1H3,(H,28,29);5-9,25H,10-11H2,1-4H3,(H,23,26);3-6,11H,2,7H2,1H3;;1H2/q;;;;;+1;/p-1. The van der Waals surface area contributed by atoms with Crippen LogP contribution < -0.4 is 55.2 Å². The summed E-state index contributed by atoms with van der Waals surface area (Å²) < 4.78 is 126. The van der Waals surface area contributed by atoms with Crippen molar-refractivity contribution < 1.29 is 142 Å². The SMILES string of the molecule is CCOC(=O)Cc1ccccc1O.CCOC(=O)Cc1ccccc1OCc1cc(-c2cccc(CN)c2F)c2onc(C)c2c1.CCOC(=O)Cc1ccccc1OCc1cc(-c2cccc(CNC(=O)OC(C)(C)C)c2F)c2onc(C)c2c1.Cc1noc2c(-c3cccc(CN)c3F)cc(COc3ccccc3CC(=O)O)cc12.Cc1noc2c(-c3cccc(CNC(=O)OC(C)(C)C)c3F)cc(CO)cc12.[Li+].[OH-]. The third-order valence-electron chi connectivity index (χ3n) is 22.3. The van der Waals surface area contributed by atoms with Crippen LogP contribution in [-0.4, -0.2) is 109 Å². The van der Waals surface area contributed by atoms with Crippen LogP contribution in [0.15, 0.2) is 236 Å². The molecule has 0 saturated heterocycles. The fourth-order valence-electron chi connectivity index (χ4n) is 15.5. The number of hydrogen-bond donors (Lipinski definition) is 7. The van der Waals surface area contributed by atoms with Gasteiger partial charge in [-0.1, -0.05) is 166 Å². The molecule has 12 aromatic carbocycles. The maximum absolute atomic E-state index is 15.8. The Hall–Kier alpha value is -15.7. The molecule has 0 radical (unpaired) electrons. The van der Waals surface area contributed by atoms with Crippen LogP contribution in [-0.2, 0) is 121 Å². The number of nitrogens with one attached hydrogen (secondary N) is 2. The molecule has 0 aliphatic heterocycles. The molecule has 0 bridgehead atoms. The Balaban J connectivity index is 0.000000193. The number of nitrogens with zero attached hydrogens (tertiary/aromatic N) is 4. The number of esters is 3. The van der Waals surface area contributed by atoms with Gasteiger partial charge in [-0.05, 0) is 185 Å². The summed E-state index contributed by atoms with van der Waals surface area (Å²) in [5.74, 6) is -1.88. The molecule has 35 heteroatoms. The molecule has 16 aromatic rings. The number of carboxylic acid groups (broad SMARTS) is 1. The number of rotatable bonds is 31. The van der Waals surface area contributed by atoms with Crippen LogP contribution in [0.4, 0.5) is 27.2 Å². The van der Waals surface area contributed by atoms with E-state index in [0.717, 1.165) is 43.8 Å². The first-order valence-electron chi connectivity index (χ1n) is 46.7. The summed E-state index contributed by atoms with van der Waals surface area (Å²) in [6.07, 6.45) is -1.05. The molecule has 30 nitrogen and oxygen atoms in total. The van der Waals surface area contributed by atoms with Crippen LogP contribution >= 0.6 is 0 Å². The second-order valence-corrected chi connectivity index (χ2v) is 35.4.